The Balaban J connectivity index is 1.62. The highest BCUT2D eigenvalue weighted by atomic mass is 16.5. The number of anilines is 1. The maximum Gasteiger partial charge on any atom is 0.228 e. The molecule has 3 heterocycles. The molecule has 0 spiro atoms. The summed E-state index contributed by atoms with van der Waals surface area (Å²) in [5, 5.41) is 7.61. The lowest BCUT2D eigenvalue weighted by atomic mass is 9.87. The van der Waals surface area contributed by atoms with Gasteiger partial charge in [-0.1, -0.05) is 6.92 Å². The van der Waals surface area contributed by atoms with Crippen LogP contribution in [0.5, 0.6) is 0 Å². The number of carbonyl (C=O) groups is 1. The molecule has 1 aromatic rings. The molecule has 1 aromatic heterocycles. The summed E-state index contributed by atoms with van der Waals surface area (Å²) in [6.45, 7) is 5.11. The van der Waals surface area contributed by atoms with Crippen LogP contribution >= 0.6 is 0 Å². The first-order valence-corrected chi connectivity index (χ1v) is 8.65. The molecule has 2 unspecified atom stereocenters. The van der Waals surface area contributed by atoms with Gasteiger partial charge in [-0.3, -0.25) is 9.48 Å². The number of hydrogen-bond acceptors (Lipinski definition) is 4. The van der Waals surface area contributed by atoms with Gasteiger partial charge >= 0.3 is 0 Å². The number of hydrogen-bond donors (Lipinski definition) is 1. The van der Waals surface area contributed by atoms with Gasteiger partial charge in [-0.05, 0) is 31.6 Å². The molecular weight excluding hydrogens is 294 g/mol. The molecule has 0 aromatic carbocycles. The van der Waals surface area contributed by atoms with Crippen molar-refractivity contribution in [3.05, 3.63) is 11.8 Å². The monoisotopic (exact) mass is 321 g/mol. The van der Waals surface area contributed by atoms with E-state index in [0.29, 0.717) is 11.8 Å². The Kier molecular flexibility index (Phi) is 5.33. The number of rotatable bonds is 4. The summed E-state index contributed by atoms with van der Waals surface area (Å²) in [5.74, 6) is 1.59. The first kappa shape index (κ1) is 16.5. The molecule has 2 saturated heterocycles. The van der Waals surface area contributed by atoms with E-state index in [1.165, 1.54) is 0 Å². The molecule has 3 rings (SSSR count). The minimum absolute atomic E-state index is 0.00439. The Labute approximate surface area is 137 Å². The van der Waals surface area contributed by atoms with Gasteiger partial charge in [0.25, 0.3) is 0 Å². The molecule has 0 aliphatic carbocycles. The van der Waals surface area contributed by atoms with E-state index in [4.69, 9.17) is 9.47 Å². The highest BCUT2D eigenvalue weighted by molar-refractivity contribution is 5.91. The van der Waals surface area contributed by atoms with Gasteiger partial charge in [0.2, 0.25) is 5.91 Å². The van der Waals surface area contributed by atoms with Crippen LogP contribution in [0.25, 0.3) is 0 Å². The summed E-state index contributed by atoms with van der Waals surface area (Å²) in [4.78, 5) is 12.5. The molecule has 128 valence electrons. The summed E-state index contributed by atoms with van der Waals surface area (Å²) < 4.78 is 12.7. The first-order valence-electron chi connectivity index (χ1n) is 8.65. The van der Waals surface area contributed by atoms with Gasteiger partial charge in [0.1, 0.15) is 5.82 Å². The van der Waals surface area contributed by atoms with E-state index in [9.17, 15) is 4.79 Å². The molecule has 23 heavy (non-hydrogen) atoms. The number of aryl methyl sites for hydroxylation is 1. The molecule has 2 aliphatic rings. The predicted octanol–water partition coefficient (Wildman–Crippen LogP) is 2.32. The van der Waals surface area contributed by atoms with Crippen molar-refractivity contribution in [2.24, 2.45) is 18.9 Å². The summed E-state index contributed by atoms with van der Waals surface area (Å²) in [6, 6.07) is 1.99. The van der Waals surface area contributed by atoms with Crippen molar-refractivity contribution in [2.75, 3.05) is 31.7 Å². The van der Waals surface area contributed by atoms with Crippen LogP contribution in [0.2, 0.25) is 0 Å². The molecule has 2 aliphatic heterocycles. The number of aromatic nitrogens is 2. The zero-order valence-electron chi connectivity index (χ0n) is 14.1. The van der Waals surface area contributed by atoms with Crippen LogP contribution < -0.4 is 5.32 Å². The van der Waals surface area contributed by atoms with E-state index < -0.39 is 0 Å². The van der Waals surface area contributed by atoms with Crippen molar-refractivity contribution in [3.63, 3.8) is 0 Å². The zero-order valence-corrected chi connectivity index (χ0v) is 14.1. The van der Waals surface area contributed by atoms with E-state index in [0.717, 1.165) is 63.6 Å². The smallest absolute Gasteiger partial charge is 0.228 e. The lowest BCUT2D eigenvalue weighted by molar-refractivity contribution is -0.122. The van der Waals surface area contributed by atoms with E-state index >= 15 is 0 Å². The zero-order chi connectivity index (χ0) is 16.2. The summed E-state index contributed by atoms with van der Waals surface area (Å²) in [7, 11) is 1.88. The van der Waals surface area contributed by atoms with Crippen molar-refractivity contribution < 1.29 is 14.3 Å². The molecule has 0 bridgehead atoms. The van der Waals surface area contributed by atoms with Gasteiger partial charge < -0.3 is 14.8 Å². The van der Waals surface area contributed by atoms with Gasteiger partial charge in [-0.15, -0.1) is 0 Å². The SMILES string of the molecule is CC(C(=O)Nc1cc(C2CCCOC2)nn1C)C1CCOCC1. The highest BCUT2D eigenvalue weighted by Crippen LogP contribution is 2.28. The average molecular weight is 321 g/mol. The Morgan fingerprint density at radius 3 is 2.78 bits per heavy atom. The van der Waals surface area contributed by atoms with Crippen LogP contribution in [0.3, 0.4) is 0 Å². The van der Waals surface area contributed by atoms with Crippen LogP contribution in [0.15, 0.2) is 6.07 Å². The predicted molar refractivity (Wildman–Crippen MR) is 87.3 cm³/mol. The van der Waals surface area contributed by atoms with E-state index in [1.807, 2.05) is 20.0 Å². The van der Waals surface area contributed by atoms with E-state index in [-0.39, 0.29) is 11.8 Å². The number of nitrogens with zero attached hydrogens (tertiary/aromatic N) is 2. The van der Waals surface area contributed by atoms with Gasteiger partial charge in [-0.25, -0.2) is 0 Å². The normalized spacial score (nSPS) is 24.3. The summed E-state index contributed by atoms with van der Waals surface area (Å²) >= 11 is 0. The minimum atomic E-state index is -0.00439. The molecular formula is C17H27N3O3. The number of carbonyl (C=O) groups excluding carboxylic acids is 1. The third-order valence-corrected chi connectivity index (χ3v) is 5.12. The molecule has 0 saturated carbocycles. The van der Waals surface area contributed by atoms with Gasteiger partial charge in [0.15, 0.2) is 0 Å². The molecule has 6 heteroatoms. The van der Waals surface area contributed by atoms with Crippen LogP contribution in [-0.2, 0) is 21.3 Å². The van der Waals surface area contributed by atoms with Gasteiger partial charge in [0, 0.05) is 44.8 Å². The van der Waals surface area contributed by atoms with Gasteiger partial charge in [-0.2, -0.15) is 5.10 Å². The maximum atomic E-state index is 12.5. The number of nitrogens with one attached hydrogen (secondary N) is 1. The second-order valence-electron chi connectivity index (χ2n) is 6.72. The topological polar surface area (TPSA) is 65.4 Å². The second kappa shape index (κ2) is 7.45. The van der Waals surface area contributed by atoms with Crippen molar-refractivity contribution in [2.45, 2.75) is 38.5 Å². The van der Waals surface area contributed by atoms with Crippen molar-refractivity contribution in [1.82, 2.24) is 9.78 Å². The fourth-order valence-electron chi connectivity index (χ4n) is 3.45. The number of amides is 1. The number of ether oxygens (including phenoxy) is 2. The molecule has 6 nitrogen and oxygen atoms in total. The third-order valence-electron chi connectivity index (χ3n) is 5.12. The van der Waals surface area contributed by atoms with Crippen molar-refractivity contribution >= 4 is 11.7 Å². The second-order valence-corrected chi connectivity index (χ2v) is 6.72. The molecule has 2 fully saturated rings. The maximum absolute atomic E-state index is 12.5. The van der Waals surface area contributed by atoms with Crippen molar-refractivity contribution in [3.8, 4) is 0 Å². The van der Waals surface area contributed by atoms with Crippen LogP contribution in [0, 0.1) is 11.8 Å². The quantitative estimate of drug-likeness (QED) is 0.924. The molecule has 0 radical (unpaired) electrons. The van der Waals surface area contributed by atoms with E-state index in [2.05, 4.69) is 10.4 Å². The Morgan fingerprint density at radius 2 is 2.09 bits per heavy atom. The average Bonchev–Trinajstić information content (AvgIpc) is 2.96. The minimum Gasteiger partial charge on any atom is -0.381 e. The summed E-state index contributed by atoms with van der Waals surface area (Å²) in [6.07, 6.45) is 4.10. The Morgan fingerprint density at radius 1 is 1.30 bits per heavy atom. The van der Waals surface area contributed by atoms with Gasteiger partial charge in [0.05, 0.1) is 12.3 Å². The molecule has 1 N–H and O–H groups in total. The molecule has 1 amide bonds. The van der Waals surface area contributed by atoms with E-state index in [1.54, 1.807) is 4.68 Å². The lowest BCUT2D eigenvalue weighted by Crippen LogP contribution is -2.31. The first-order chi connectivity index (χ1) is 11.1. The Hall–Kier alpha value is -1.40. The Bertz CT molecular complexity index is 531. The van der Waals surface area contributed by atoms with Crippen molar-refractivity contribution in [1.29, 1.82) is 0 Å². The lowest BCUT2D eigenvalue weighted by Gasteiger charge is -2.26. The fourth-order valence-corrected chi connectivity index (χ4v) is 3.45. The third kappa shape index (κ3) is 3.93. The van der Waals surface area contributed by atoms with Crippen LogP contribution in [-0.4, -0.2) is 42.1 Å². The standard InChI is InChI=1S/C17H27N3O3/c1-12(13-5-8-22-9-6-13)17(21)18-16-10-15(19-20(16)2)14-4-3-7-23-11-14/h10,12-14H,3-9,11H2,1-2H3,(H,18,21). The van der Waals surface area contributed by atoms with Crippen LogP contribution in [0.1, 0.15) is 44.2 Å². The van der Waals surface area contributed by atoms with Crippen LogP contribution in [0.4, 0.5) is 5.82 Å². The molecule has 2 atom stereocenters. The fraction of sp³-hybridized carbons (Fsp3) is 0.765. The summed E-state index contributed by atoms with van der Waals surface area (Å²) in [5.41, 5.74) is 1.02. The largest absolute Gasteiger partial charge is 0.381 e. The highest BCUT2D eigenvalue weighted by Gasteiger charge is 2.27.